The molecule has 0 spiro atoms. The van der Waals surface area contributed by atoms with Gasteiger partial charge in [-0.3, -0.25) is 4.79 Å². The fourth-order valence-electron chi connectivity index (χ4n) is 2.50. The zero-order chi connectivity index (χ0) is 15.5. The molecule has 1 heterocycles. The number of nitrogens with zero attached hydrogens (tertiary/aromatic N) is 2. The molecule has 1 aliphatic rings. The van der Waals surface area contributed by atoms with Gasteiger partial charge in [-0.15, -0.1) is 0 Å². The van der Waals surface area contributed by atoms with E-state index in [0.29, 0.717) is 5.75 Å². The van der Waals surface area contributed by atoms with Crippen molar-refractivity contribution in [3.8, 4) is 5.75 Å². The summed E-state index contributed by atoms with van der Waals surface area (Å²) in [5.74, 6) is 0.145. The van der Waals surface area contributed by atoms with Crippen molar-refractivity contribution in [1.82, 2.24) is 4.90 Å². The minimum atomic E-state index is -1.64. The molecule has 1 aromatic carbocycles. The quantitative estimate of drug-likeness (QED) is 0.628. The fraction of sp³-hybridized carbons (Fsp3) is 0.467. The van der Waals surface area contributed by atoms with Gasteiger partial charge in [0.2, 0.25) is 6.08 Å². The Morgan fingerprint density at radius 3 is 2.71 bits per heavy atom. The summed E-state index contributed by atoms with van der Waals surface area (Å²) in [4.78, 5) is 27.4. The largest absolute Gasteiger partial charge is 0.497 e. The number of aliphatic imine (C=N–C) groups is 1. The van der Waals surface area contributed by atoms with Gasteiger partial charge in [0.15, 0.2) is 6.17 Å². The molecule has 0 N–H and O–H groups in total. The minimum Gasteiger partial charge on any atom is -0.497 e. The third kappa shape index (κ3) is 3.47. The Bertz CT molecular complexity index is 569. The molecule has 6 heteroatoms. The minimum absolute atomic E-state index is 0.0831. The first-order valence-electron chi connectivity index (χ1n) is 6.62. The molecule has 0 saturated carbocycles. The van der Waals surface area contributed by atoms with Gasteiger partial charge in [0.05, 0.1) is 12.6 Å². The number of halogens is 1. The number of ether oxygens (including phenoxy) is 1. The smallest absolute Gasteiger partial charge is 0.257 e. The molecule has 2 rings (SSSR count). The highest BCUT2D eigenvalue weighted by atomic mass is 19.1. The van der Waals surface area contributed by atoms with Crippen LogP contribution >= 0.6 is 0 Å². The van der Waals surface area contributed by atoms with Crippen molar-refractivity contribution in [1.29, 1.82) is 0 Å². The maximum absolute atomic E-state index is 13.9. The van der Waals surface area contributed by atoms with E-state index in [1.165, 1.54) is 11.0 Å². The predicted octanol–water partition coefficient (Wildman–Crippen LogP) is 1.86. The number of carbonyl (C=O) groups excluding carboxylic acids is 2. The standard InChI is InChI=1S/C15H17FN2O3/c1-15(17-10-19)7-13(16)14(20)18(9-15)8-11-3-5-12(21-2)6-4-11/h3-6,13H,7-9H2,1-2H3. The van der Waals surface area contributed by atoms with Gasteiger partial charge in [0.1, 0.15) is 5.75 Å². The molecule has 0 bridgehead atoms. The van der Waals surface area contributed by atoms with Gasteiger partial charge in [0, 0.05) is 19.5 Å². The number of methoxy groups -OCH3 is 1. The first kappa shape index (κ1) is 15.2. The van der Waals surface area contributed by atoms with Crippen molar-refractivity contribution in [2.24, 2.45) is 4.99 Å². The average Bonchev–Trinajstić information content (AvgIpc) is 2.45. The number of carbonyl (C=O) groups is 1. The van der Waals surface area contributed by atoms with E-state index >= 15 is 0 Å². The second-order valence-electron chi connectivity index (χ2n) is 5.41. The second-order valence-corrected chi connectivity index (χ2v) is 5.41. The molecule has 5 nitrogen and oxygen atoms in total. The lowest BCUT2D eigenvalue weighted by molar-refractivity contribution is -0.142. The van der Waals surface area contributed by atoms with Crippen LogP contribution < -0.4 is 4.74 Å². The first-order chi connectivity index (χ1) is 9.97. The second kappa shape index (κ2) is 6.06. The van der Waals surface area contributed by atoms with Crippen molar-refractivity contribution in [2.75, 3.05) is 13.7 Å². The summed E-state index contributed by atoms with van der Waals surface area (Å²) in [5.41, 5.74) is -0.0580. The SMILES string of the molecule is COc1ccc(CN2CC(C)(N=C=O)CC(F)C2=O)cc1. The van der Waals surface area contributed by atoms with Gasteiger partial charge >= 0.3 is 0 Å². The highest BCUT2D eigenvalue weighted by Gasteiger charge is 2.41. The van der Waals surface area contributed by atoms with Crippen LogP contribution in [-0.4, -0.2) is 42.3 Å². The Balaban J connectivity index is 2.16. The molecule has 1 saturated heterocycles. The number of benzene rings is 1. The van der Waals surface area contributed by atoms with Crippen LogP contribution in [0.2, 0.25) is 0 Å². The maximum atomic E-state index is 13.9. The van der Waals surface area contributed by atoms with Crippen molar-refractivity contribution in [3.63, 3.8) is 0 Å². The Morgan fingerprint density at radius 1 is 1.48 bits per heavy atom. The molecule has 0 radical (unpaired) electrons. The van der Waals surface area contributed by atoms with Crippen LogP contribution in [0.1, 0.15) is 18.9 Å². The molecule has 2 unspecified atom stereocenters. The van der Waals surface area contributed by atoms with Crippen LogP contribution in [0.5, 0.6) is 5.75 Å². The van der Waals surface area contributed by atoms with Crippen molar-refractivity contribution < 1.29 is 18.7 Å². The maximum Gasteiger partial charge on any atom is 0.257 e. The molecule has 21 heavy (non-hydrogen) atoms. The van der Waals surface area contributed by atoms with E-state index in [4.69, 9.17) is 4.74 Å². The molecule has 1 aliphatic heterocycles. The number of amides is 1. The molecular formula is C15H17FN2O3. The Labute approximate surface area is 122 Å². The van der Waals surface area contributed by atoms with Gasteiger partial charge in [-0.1, -0.05) is 12.1 Å². The van der Waals surface area contributed by atoms with Gasteiger partial charge < -0.3 is 9.64 Å². The number of piperidine rings is 1. The highest BCUT2D eigenvalue weighted by Crippen LogP contribution is 2.28. The van der Waals surface area contributed by atoms with Crippen LogP contribution in [0, 0.1) is 0 Å². The summed E-state index contributed by atoms with van der Waals surface area (Å²) in [5, 5.41) is 0. The third-order valence-corrected chi connectivity index (χ3v) is 3.58. The van der Waals surface area contributed by atoms with Crippen molar-refractivity contribution in [3.05, 3.63) is 29.8 Å². The highest BCUT2D eigenvalue weighted by molar-refractivity contribution is 5.82. The summed E-state index contributed by atoms with van der Waals surface area (Å²) in [6, 6.07) is 7.18. The number of likely N-dealkylation sites (tertiary alicyclic amines) is 1. The summed E-state index contributed by atoms with van der Waals surface area (Å²) >= 11 is 0. The lowest BCUT2D eigenvalue weighted by atomic mass is 9.90. The Kier molecular flexibility index (Phi) is 4.38. The van der Waals surface area contributed by atoms with Crippen LogP contribution in [0.3, 0.4) is 0 Å². The summed E-state index contributed by atoms with van der Waals surface area (Å²) < 4.78 is 18.9. The first-order valence-corrected chi connectivity index (χ1v) is 6.62. The van der Waals surface area contributed by atoms with E-state index in [0.717, 1.165) is 5.56 Å². The molecular weight excluding hydrogens is 275 g/mol. The van der Waals surface area contributed by atoms with E-state index in [9.17, 15) is 14.0 Å². The van der Waals surface area contributed by atoms with E-state index < -0.39 is 17.6 Å². The molecule has 0 aromatic heterocycles. The lowest BCUT2D eigenvalue weighted by Gasteiger charge is -2.38. The van der Waals surface area contributed by atoms with E-state index in [2.05, 4.69) is 4.99 Å². The van der Waals surface area contributed by atoms with Crippen molar-refractivity contribution in [2.45, 2.75) is 31.6 Å². The Hall–Kier alpha value is -2.20. The van der Waals surface area contributed by atoms with Gasteiger partial charge in [-0.05, 0) is 24.6 Å². The van der Waals surface area contributed by atoms with E-state index in [-0.39, 0.29) is 19.5 Å². The Morgan fingerprint density at radius 2 is 2.14 bits per heavy atom. The molecule has 0 aliphatic carbocycles. The zero-order valence-corrected chi connectivity index (χ0v) is 12.0. The van der Waals surface area contributed by atoms with Crippen LogP contribution in [-0.2, 0) is 16.1 Å². The van der Waals surface area contributed by atoms with Gasteiger partial charge in [0.25, 0.3) is 5.91 Å². The number of rotatable bonds is 4. The number of alkyl halides is 1. The topological polar surface area (TPSA) is 59.0 Å². The fourth-order valence-corrected chi connectivity index (χ4v) is 2.50. The van der Waals surface area contributed by atoms with Crippen LogP contribution in [0.25, 0.3) is 0 Å². The molecule has 112 valence electrons. The monoisotopic (exact) mass is 292 g/mol. The van der Waals surface area contributed by atoms with Gasteiger partial charge in [-0.2, -0.15) is 4.99 Å². The van der Waals surface area contributed by atoms with Crippen LogP contribution in [0.15, 0.2) is 29.3 Å². The average molecular weight is 292 g/mol. The summed E-state index contributed by atoms with van der Waals surface area (Å²) in [6.07, 6.45) is -0.256. The number of hydrogen-bond donors (Lipinski definition) is 0. The van der Waals surface area contributed by atoms with Crippen molar-refractivity contribution >= 4 is 12.0 Å². The molecule has 1 amide bonds. The zero-order valence-electron chi connectivity index (χ0n) is 12.0. The normalized spacial score (nSPS) is 25.4. The predicted molar refractivity (Wildman–Crippen MR) is 74.5 cm³/mol. The van der Waals surface area contributed by atoms with E-state index in [1.807, 2.05) is 12.1 Å². The number of hydrogen-bond acceptors (Lipinski definition) is 4. The molecule has 2 atom stereocenters. The van der Waals surface area contributed by atoms with Gasteiger partial charge in [-0.25, -0.2) is 9.18 Å². The molecule has 1 aromatic rings. The number of isocyanates is 1. The third-order valence-electron chi connectivity index (χ3n) is 3.58. The van der Waals surface area contributed by atoms with Crippen LogP contribution in [0.4, 0.5) is 4.39 Å². The molecule has 1 fully saturated rings. The summed E-state index contributed by atoms with van der Waals surface area (Å²) in [6.45, 7) is 2.12. The van der Waals surface area contributed by atoms with E-state index in [1.54, 1.807) is 26.2 Å². The summed E-state index contributed by atoms with van der Waals surface area (Å²) in [7, 11) is 1.57. The lowest BCUT2D eigenvalue weighted by Crippen LogP contribution is -2.53.